The molecule has 0 spiro atoms. The first kappa shape index (κ1) is 14.1. The maximum atomic E-state index is 6.45. The van der Waals surface area contributed by atoms with Gasteiger partial charge in [-0.2, -0.15) is 5.10 Å². The van der Waals surface area contributed by atoms with Crippen LogP contribution in [0.15, 0.2) is 48.7 Å². The number of rotatable bonds is 4. The molecule has 4 heteroatoms. The fourth-order valence-electron chi connectivity index (χ4n) is 2.46. The van der Waals surface area contributed by atoms with Crippen LogP contribution in [0.4, 0.5) is 0 Å². The second-order valence-electron chi connectivity index (χ2n) is 5.27. The summed E-state index contributed by atoms with van der Waals surface area (Å²) in [7, 11) is 0. The monoisotopic (exact) mass is 299 g/mol. The molecule has 0 aliphatic heterocycles. The lowest BCUT2D eigenvalue weighted by Crippen LogP contribution is -2.21. The lowest BCUT2D eigenvalue weighted by Gasteiger charge is -2.11. The molecular weight excluding hydrogens is 282 g/mol. The van der Waals surface area contributed by atoms with Crippen LogP contribution in [0, 0.1) is 0 Å². The molecule has 0 aliphatic carbocycles. The Balaban J connectivity index is 1.99. The minimum Gasteiger partial charge on any atom is -0.327 e. The van der Waals surface area contributed by atoms with Crippen molar-refractivity contribution in [3.8, 4) is 5.69 Å². The van der Waals surface area contributed by atoms with Crippen molar-refractivity contribution in [1.82, 2.24) is 9.78 Å². The Morgan fingerprint density at radius 3 is 2.81 bits per heavy atom. The van der Waals surface area contributed by atoms with Crippen molar-refractivity contribution in [2.24, 2.45) is 5.73 Å². The van der Waals surface area contributed by atoms with Crippen molar-refractivity contribution in [1.29, 1.82) is 0 Å². The zero-order valence-corrected chi connectivity index (χ0v) is 12.7. The summed E-state index contributed by atoms with van der Waals surface area (Å²) in [5.41, 5.74) is 9.11. The number of fused-ring (bicyclic) bond motifs is 1. The molecule has 0 fully saturated rings. The number of benzene rings is 2. The molecule has 1 heterocycles. The number of hydrogen-bond acceptors (Lipinski definition) is 2. The number of nitrogens with zero attached hydrogens (tertiary/aromatic N) is 2. The van der Waals surface area contributed by atoms with Crippen LogP contribution in [-0.2, 0) is 6.42 Å². The Morgan fingerprint density at radius 1 is 1.24 bits per heavy atom. The minimum absolute atomic E-state index is 0.178. The summed E-state index contributed by atoms with van der Waals surface area (Å²) in [6.45, 7) is 2.09. The van der Waals surface area contributed by atoms with E-state index in [1.54, 1.807) is 0 Å². The fraction of sp³-hybridized carbons (Fsp3) is 0.235. The van der Waals surface area contributed by atoms with Gasteiger partial charge < -0.3 is 5.73 Å². The average molecular weight is 300 g/mol. The molecule has 3 nitrogen and oxygen atoms in total. The Labute approximate surface area is 129 Å². The third kappa shape index (κ3) is 2.80. The van der Waals surface area contributed by atoms with Gasteiger partial charge in [-0.05, 0) is 36.6 Å². The van der Waals surface area contributed by atoms with Crippen LogP contribution >= 0.6 is 11.6 Å². The van der Waals surface area contributed by atoms with Crippen LogP contribution in [-0.4, -0.2) is 15.8 Å². The van der Waals surface area contributed by atoms with Gasteiger partial charge in [0.05, 0.1) is 22.4 Å². The summed E-state index contributed by atoms with van der Waals surface area (Å²) in [6, 6.07) is 14.3. The van der Waals surface area contributed by atoms with Gasteiger partial charge in [-0.25, -0.2) is 4.68 Å². The summed E-state index contributed by atoms with van der Waals surface area (Å²) in [4.78, 5) is 0. The highest BCUT2D eigenvalue weighted by Gasteiger charge is 2.10. The third-order valence-corrected chi connectivity index (χ3v) is 4.04. The molecule has 1 atom stereocenters. The number of nitrogens with two attached hydrogens (primary N) is 1. The van der Waals surface area contributed by atoms with Gasteiger partial charge in [-0.15, -0.1) is 0 Å². The van der Waals surface area contributed by atoms with E-state index in [0.29, 0.717) is 5.02 Å². The first-order valence-corrected chi connectivity index (χ1v) is 7.54. The molecule has 1 unspecified atom stereocenters. The second-order valence-corrected chi connectivity index (χ2v) is 5.68. The molecule has 2 N–H and O–H groups in total. The second kappa shape index (κ2) is 5.88. The summed E-state index contributed by atoms with van der Waals surface area (Å²) in [5, 5.41) is 6.24. The zero-order valence-electron chi connectivity index (χ0n) is 12.0. The first-order valence-electron chi connectivity index (χ1n) is 7.16. The van der Waals surface area contributed by atoms with Crippen LogP contribution in [0.2, 0.25) is 5.02 Å². The predicted molar refractivity (Wildman–Crippen MR) is 88.1 cm³/mol. The third-order valence-electron chi connectivity index (χ3n) is 3.74. The summed E-state index contributed by atoms with van der Waals surface area (Å²) >= 11 is 6.45. The van der Waals surface area contributed by atoms with Crippen LogP contribution in [0.25, 0.3) is 16.6 Å². The molecule has 0 radical (unpaired) electrons. The van der Waals surface area contributed by atoms with Crippen molar-refractivity contribution in [2.75, 3.05) is 0 Å². The summed E-state index contributed by atoms with van der Waals surface area (Å²) in [5.74, 6) is 0. The number of aromatic nitrogens is 2. The number of hydrogen-bond donors (Lipinski definition) is 1. The molecule has 108 valence electrons. The van der Waals surface area contributed by atoms with Gasteiger partial charge in [0, 0.05) is 11.4 Å². The Morgan fingerprint density at radius 2 is 2.05 bits per heavy atom. The van der Waals surface area contributed by atoms with E-state index in [0.717, 1.165) is 35.0 Å². The van der Waals surface area contributed by atoms with Gasteiger partial charge in [-0.3, -0.25) is 0 Å². The van der Waals surface area contributed by atoms with Crippen molar-refractivity contribution >= 4 is 22.5 Å². The van der Waals surface area contributed by atoms with E-state index in [-0.39, 0.29) is 6.04 Å². The lowest BCUT2D eigenvalue weighted by atomic mass is 10.0. The minimum atomic E-state index is 0.178. The fourth-order valence-corrected chi connectivity index (χ4v) is 2.74. The predicted octanol–water partition coefficient (Wildman–Crippen LogP) is 3.96. The van der Waals surface area contributed by atoms with Gasteiger partial charge in [0.1, 0.15) is 0 Å². The maximum absolute atomic E-state index is 6.45. The molecule has 3 rings (SSSR count). The molecule has 0 amide bonds. The van der Waals surface area contributed by atoms with E-state index in [1.807, 2.05) is 47.3 Å². The van der Waals surface area contributed by atoms with E-state index in [2.05, 4.69) is 18.1 Å². The van der Waals surface area contributed by atoms with Gasteiger partial charge in [0.25, 0.3) is 0 Å². The highest BCUT2D eigenvalue weighted by Crippen LogP contribution is 2.25. The van der Waals surface area contributed by atoms with Crippen molar-refractivity contribution in [3.05, 3.63) is 59.2 Å². The Kier molecular flexibility index (Phi) is 3.95. The van der Waals surface area contributed by atoms with Gasteiger partial charge in [0.2, 0.25) is 0 Å². The van der Waals surface area contributed by atoms with Crippen molar-refractivity contribution in [3.63, 3.8) is 0 Å². The van der Waals surface area contributed by atoms with E-state index >= 15 is 0 Å². The van der Waals surface area contributed by atoms with Crippen LogP contribution in [0.5, 0.6) is 0 Å². The van der Waals surface area contributed by atoms with E-state index in [1.165, 1.54) is 0 Å². The van der Waals surface area contributed by atoms with Crippen LogP contribution < -0.4 is 5.73 Å². The topological polar surface area (TPSA) is 43.8 Å². The lowest BCUT2D eigenvalue weighted by molar-refractivity contribution is 0.646. The number of halogens is 1. The maximum Gasteiger partial charge on any atom is 0.0839 e. The zero-order chi connectivity index (χ0) is 14.8. The van der Waals surface area contributed by atoms with Gasteiger partial charge in [0.15, 0.2) is 0 Å². The highest BCUT2D eigenvalue weighted by molar-refractivity contribution is 6.32. The Bertz CT molecular complexity index is 764. The highest BCUT2D eigenvalue weighted by atomic mass is 35.5. The molecule has 2 aromatic carbocycles. The molecule has 0 saturated carbocycles. The SMILES string of the molecule is CCC(N)Cc1ccc(-n2ncc3ccccc32)c(Cl)c1. The van der Waals surface area contributed by atoms with E-state index in [4.69, 9.17) is 17.3 Å². The van der Waals surface area contributed by atoms with Crippen molar-refractivity contribution < 1.29 is 0 Å². The summed E-state index contributed by atoms with van der Waals surface area (Å²) < 4.78 is 1.88. The quantitative estimate of drug-likeness (QED) is 0.792. The smallest absolute Gasteiger partial charge is 0.0839 e. The molecule has 3 aromatic rings. The molecule has 21 heavy (non-hydrogen) atoms. The van der Waals surface area contributed by atoms with Gasteiger partial charge in [-0.1, -0.05) is 42.8 Å². The van der Waals surface area contributed by atoms with E-state index < -0.39 is 0 Å². The molecular formula is C17H18ClN3. The van der Waals surface area contributed by atoms with Gasteiger partial charge >= 0.3 is 0 Å². The van der Waals surface area contributed by atoms with Crippen LogP contribution in [0.3, 0.4) is 0 Å². The van der Waals surface area contributed by atoms with Crippen LogP contribution in [0.1, 0.15) is 18.9 Å². The first-order chi connectivity index (χ1) is 10.2. The van der Waals surface area contributed by atoms with Crippen molar-refractivity contribution in [2.45, 2.75) is 25.8 Å². The molecule has 0 bridgehead atoms. The normalized spacial score (nSPS) is 12.7. The standard InChI is InChI=1S/C17H18ClN3/c1-2-14(19)9-12-7-8-17(15(18)10-12)21-16-6-4-3-5-13(16)11-20-21/h3-8,10-11,14H,2,9,19H2,1H3. The molecule has 0 aliphatic rings. The largest absolute Gasteiger partial charge is 0.327 e. The summed E-state index contributed by atoms with van der Waals surface area (Å²) in [6.07, 6.45) is 3.66. The number of para-hydroxylation sites is 1. The van der Waals surface area contributed by atoms with E-state index in [9.17, 15) is 0 Å². The molecule has 1 aromatic heterocycles. The average Bonchev–Trinajstić information content (AvgIpc) is 2.91. The Hall–Kier alpha value is -1.84. The molecule has 0 saturated heterocycles.